The number of nitrogens with one attached hydrogen (secondary N) is 1. The fourth-order valence-corrected chi connectivity index (χ4v) is 2.76. The summed E-state index contributed by atoms with van der Waals surface area (Å²) >= 11 is 0. The zero-order valence-corrected chi connectivity index (χ0v) is 17.0. The maximum Gasteiger partial charge on any atom is 0.193 e. The van der Waals surface area contributed by atoms with Crippen molar-refractivity contribution in [1.29, 1.82) is 0 Å². The number of halogens is 1. The molecule has 1 N–H and O–H groups in total. The lowest BCUT2D eigenvalue weighted by Crippen LogP contribution is -2.40. The topological polar surface area (TPSA) is 63.9 Å². The SMILES string of the molecule is CN=C(NCCCn1cccn1)N1CCC(COCCOC)C1.I. The summed E-state index contributed by atoms with van der Waals surface area (Å²) in [5.41, 5.74) is 0. The number of guanidine groups is 1. The lowest BCUT2D eigenvalue weighted by atomic mass is 10.1. The number of methoxy groups -OCH3 is 1. The van der Waals surface area contributed by atoms with E-state index in [-0.39, 0.29) is 24.0 Å². The van der Waals surface area contributed by atoms with Crippen LogP contribution in [-0.4, -0.2) is 74.3 Å². The number of rotatable bonds is 9. The van der Waals surface area contributed by atoms with Gasteiger partial charge >= 0.3 is 0 Å². The van der Waals surface area contributed by atoms with Crippen molar-refractivity contribution in [2.24, 2.45) is 10.9 Å². The van der Waals surface area contributed by atoms with Gasteiger partial charge in [-0.25, -0.2) is 0 Å². The molecule has 24 heavy (non-hydrogen) atoms. The predicted octanol–water partition coefficient (Wildman–Crippen LogP) is 1.45. The van der Waals surface area contributed by atoms with Crippen molar-refractivity contribution >= 4 is 29.9 Å². The molecule has 8 heteroatoms. The molecule has 1 atom stereocenters. The van der Waals surface area contributed by atoms with Crippen LogP contribution in [0.4, 0.5) is 0 Å². The third-order valence-corrected chi connectivity index (χ3v) is 3.99. The van der Waals surface area contributed by atoms with Gasteiger partial charge in [-0.15, -0.1) is 24.0 Å². The van der Waals surface area contributed by atoms with Gasteiger partial charge in [0, 0.05) is 58.6 Å². The number of likely N-dealkylation sites (tertiary alicyclic amines) is 1. The first-order chi connectivity index (χ1) is 11.3. The van der Waals surface area contributed by atoms with Crippen molar-refractivity contribution in [3.8, 4) is 0 Å². The fourth-order valence-electron chi connectivity index (χ4n) is 2.76. The Morgan fingerprint density at radius 2 is 2.29 bits per heavy atom. The molecule has 2 rings (SSSR count). The van der Waals surface area contributed by atoms with Crippen LogP contribution < -0.4 is 5.32 Å². The second kappa shape index (κ2) is 12.5. The molecule has 0 saturated carbocycles. The summed E-state index contributed by atoms with van der Waals surface area (Å²) in [6, 6.07) is 1.95. The van der Waals surface area contributed by atoms with Crippen LogP contribution in [0.25, 0.3) is 0 Å². The van der Waals surface area contributed by atoms with E-state index in [4.69, 9.17) is 9.47 Å². The molecule has 1 aliphatic heterocycles. The van der Waals surface area contributed by atoms with Gasteiger partial charge in [0.05, 0.1) is 19.8 Å². The van der Waals surface area contributed by atoms with Crippen LogP contribution in [-0.2, 0) is 16.0 Å². The molecule has 1 aromatic rings. The molecule has 2 heterocycles. The Labute approximate surface area is 161 Å². The number of hydrogen-bond donors (Lipinski definition) is 1. The monoisotopic (exact) mass is 451 g/mol. The van der Waals surface area contributed by atoms with E-state index in [0.717, 1.165) is 51.6 Å². The first kappa shape index (κ1) is 21.2. The Morgan fingerprint density at radius 3 is 3.00 bits per heavy atom. The van der Waals surface area contributed by atoms with Crippen LogP contribution in [0, 0.1) is 5.92 Å². The highest BCUT2D eigenvalue weighted by atomic mass is 127. The van der Waals surface area contributed by atoms with Crippen molar-refractivity contribution in [3.63, 3.8) is 0 Å². The summed E-state index contributed by atoms with van der Waals surface area (Å²) in [6.07, 6.45) is 5.98. The second-order valence-corrected chi connectivity index (χ2v) is 5.77. The number of aromatic nitrogens is 2. The zero-order valence-electron chi connectivity index (χ0n) is 14.7. The minimum atomic E-state index is 0. The second-order valence-electron chi connectivity index (χ2n) is 5.77. The van der Waals surface area contributed by atoms with E-state index >= 15 is 0 Å². The molecular formula is C16H30IN5O2. The van der Waals surface area contributed by atoms with E-state index in [9.17, 15) is 0 Å². The van der Waals surface area contributed by atoms with Gasteiger partial charge in [0.15, 0.2) is 5.96 Å². The van der Waals surface area contributed by atoms with Gasteiger partial charge in [-0.1, -0.05) is 0 Å². The van der Waals surface area contributed by atoms with Crippen molar-refractivity contribution < 1.29 is 9.47 Å². The Balaban J connectivity index is 0.00000288. The van der Waals surface area contributed by atoms with E-state index in [1.54, 1.807) is 7.11 Å². The van der Waals surface area contributed by atoms with E-state index < -0.39 is 0 Å². The summed E-state index contributed by atoms with van der Waals surface area (Å²) in [5.74, 6) is 1.57. The summed E-state index contributed by atoms with van der Waals surface area (Å²) in [5, 5.41) is 7.65. The average Bonchev–Trinajstić information content (AvgIpc) is 3.23. The summed E-state index contributed by atoms with van der Waals surface area (Å²) in [6.45, 7) is 6.01. The van der Waals surface area contributed by atoms with Gasteiger partial charge in [-0.3, -0.25) is 9.67 Å². The van der Waals surface area contributed by atoms with Crippen LogP contribution in [0.5, 0.6) is 0 Å². The van der Waals surface area contributed by atoms with E-state index in [1.807, 2.05) is 30.2 Å². The Kier molecular flexibility index (Phi) is 11.0. The van der Waals surface area contributed by atoms with E-state index in [0.29, 0.717) is 19.1 Å². The number of aryl methyl sites for hydroxylation is 1. The van der Waals surface area contributed by atoms with Gasteiger partial charge in [-0.2, -0.15) is 5.10 Å². The highest BCUT2D eigenvalue weighted by Crippen LogP contribution is 2.16. The van der Waals surface area contributed by atoms with Gasteiger partial charge in [0.1, 0.15) is 0 Å². The van der Waals surface area contributed by atoms with Crippen LogP contribution in [0.3, 0.4) is 0 Å². The van der Waals surface area contributed by atoms with E-state index in [2.05, 4.69) is 20.3 Å². The fraction of sp³-hybridized carbons (Fsp3) is 0.750. The number of aliphatic imine (C=N–C) groups is 1. The van der Waals surface area contributed by atoms with Crippen LogP contribution in [0.2, 0.25) is 0 Å². The highest BCUT2D eigenvalue weighted by Gasteiger charge is 2.24. The summed E-state index contributed by atoms with van der Waals surface area (Å²) in [4.78, 5) is 6.71. The van der Waals surface area contributed by atoms with E-state index in [1.165, 1.54) is 0 Å². The third-order valence-electron chi connectivity index (χ3n) is 3.99. The lowest BCUT2D eigenvalue weighted by molar-refractivity contribution is 0.0536. The molecule has 1 aliphatic rings. The molecule has 1 fully saturated rings. The van der Waals surface area contributed by atoms with Gasteiger partial charge in [-0.05, 0) is 18.9 Å². The molecule has 1 aromatic heterocycles. The molecule has 7 nitrogen and oxygen atoms in total. The lowest BCUT2D eigenvalue weighted by Gasteiger charge is -2.21. The van der Waals surface area contributed by atoms with Gasteiger partial charge in [0.25, 0.3) is 0 Å². The van der Waals surface area contributed by atoms with Crippen molar-refractivity contribution in [2.45, 2.75) is 19.4 Å². The van der Waals surface area contributed by atoms with Crippen LogP contribution in [0.1, 0.15) is 12.8 Å². The van der Waals surface area contributed by atoms with Crippen LogP contribution >= 0.6 is 24.0 Å². The van der Waals surface area contributed by atoms with Crippen LogP contribution in [0.15, 0.2) is 23.5 Å². The summed E-state index contributed by atoms with van der Waals surface area (Å²) in [7, 11) is 3.54. The molecule has 0 radical (unpaired) electrons. The number of hydrogen-bond acceptors (Lipinski definition) is 4. The summed E-state index contributed by atoms with van der Waals surface area (Å²) < 4.78 is 12.6. The molecule has 0 aliphatic carbocycles. The standard InChI is InChI=1S/C16H29N5O2.HI/c1-17-16(18-6-3-8-21-9-4-7-19-21)20-10-5-15(13-20)14-23-12-11-22-2;/h4,7,9,15H,3,5-6,8,10-14H2,1-2H3,(H,17,18);1H. The first-order valence-corrected chi connectivity index (χ1v) is 8.33. The molecule has 0 amide bonds. The Morgan fingerprint density at radius 1 is 1.42 bits per heavy atom. The highest BCUT2D eigenvalue weighted by molar-refractivity contribution is 14.0. The number of ether oxygens (including phenoxy) is 2. The van der Waals surface area contributed by atoms with Crippen molar-refractivity contribution in [2.75, 3.05) is 53.6 Å². The predicted molar refractivity (Wildman–Crippen MR) is 106 cm³/mol. The normalized spacial score (nSPS) is 17.8. The molecule has 1 unspecified atom stereocenters. The Bertz CT molecular complexity index is 455. The molecular weight excluding hydrogens is 421 g/mol. The van der Waals surface area contributed by atoms with Crippen molar-refractivity contribution in [3.05, 3.63) is 18.5 Å². The quantitative estimate of drug-likeness (QED) is 0.267. The molecule has 0 spiro atoms. The molecule has 1 saturated heterocycles. The first-order valence-electron chi connectivity index (χ1n) is 8.33. The third kappa shape index (κ3) is 7.35. The average molecular weight is 451 g/mol. The maximum atomic E-state index is 5.64. The zero-order chi connectivity index (χ0) is 16.3. The number of nitrogens with zero attached hydrogens (tertiary/aromatic N) is 4. The largest absolute Gasteiger partial charge is 0.382 e. The van der Waals surface area contributed by atoms with Gasteiger partial charge in [0.2, 0.25) is 0 Å². The van der Waals surface area contributed by atoms with Crippen molar-refractivity contribution in [1.82, 2.24) is 20.0 Å². The minimum Gasteiger partial charge on any atom is -0.382 e. The minimum absolute atomic E-state index is 0. The maximum absolute atomic E-state index is 5.64. The van der Waals surface area contributed by atoms with Gasteiger partial charge < -0.3 is 19.7 Å². The smallest absolute Gasteiger partial charge is 0.193 e. The molecule has 0 aromatic carbocycles. The Hall–Kier alpha value is -0.870. The molecule has 138 valence electrons. The molecule has 0 bridgehead atoms.